The summed E-state index contributed by atoms with van der Waals surface area (Å²) in [4.78, 5) is 23.2. The molecular formula is C12H19NO2. The van der Waals surface area contributed by atoms with E-state index >= 15 is 0 Å². The average molecular weight is 209 g/mol. The van der Waals surface area contributed by atoms with Crippen molar-refractivity contribution in [1.82, 2.24) is 5.32 Å². The van der Waals surface area contributed by atoms with E-state index in [2.05, 4.69) is 5.32 Å². The van der Waals surface area contributed by atoms with Crippen LogP contribution in [0.1, 0.15) is 51.4 Å². The highest BCUT2D eigenvalue weighted by Crippen LogP contribution is 2.24. The second-order valence-electron chi connectivity index (χ2n) is 4.75. The number of Topliss-reactive ketones (excluding diaryl/α,β-unsaturated/α-hetero) is 1. The molecule has 1 unspecified atom stereocenters. The van der Waals surface area contributed by atoms with Crippen LogP contribution in [0, 0.1) is 5.92 Å². The monoisotopic (exact) mass is 209 g/mol. The summed E-state index contributed by atoms with van der Waals surface area (Å²) < 4.78 is 0. The molecule has 2 rings (SSSR count). The van der Waals surface area contributed by atoms with E-state index in [9.17, 15) is 9.59 Å². The van der Waals surface area contributed by atoms with Crippen molar-refractivity contribution in [2.75, 3.05) is 0 Å². The fraction of sp³-hybridized carbons (Fsp3) is 0.833. The molecule has 0 aromatic rings. The van der Waals surface area contributed by atoms with Gasteiger partial charge in [-0.1, -0.05) is 19.3 Å². The van der Waals surface area contributed by atoms with Gasteiger partial charge in [0.2, 0.25) is 5.91 Å². The van der Waals surface area contributed by atoms with Gasteiger partial charge in [-0.25, -0.2) is 0 Å². The third-order valence-corrected chi connectivity index (χ3v) is 3.60. The topological polar surface area (TPSA) is 46.2 Å². The number of hydrogen-bond donors (Lipinski definition) is 1. The van der Waals surface area contributed by atoms with Crippen molar-refractivity contribution in [3.05, 3.63) is 0 Å². The van der Waals surface area contributed by atoms with Crippen LogP contribution in [0.5, 0.6) is 0 Å². The van der Waals surface area contributed by atoms with Crippen molar-refractivity contribution in [2.45, 2.75) is 57.4 Å². The Bertz CT molecular complexity index is 256. The average Bonchev–Trinajstić information content (AvgIpc) is 2.66. The van der Waals surface area contributed by atoms with Crippen LogP contribution in [0.3, 0.4) is 0 Å². The third kappa shape index (κ3) is 2.58. The molecule has 15 heavy (non-hydrogen) atoms. The Hall–Kier alpha value is -0.860. The Morgan fingerprint density at radius 1 is 1.07 bits per heavy atom. The second kappa shape index (κ2) is 4.77. The summed E-state index contributed by atoms with van der Waals surface area (Å²) in [5.41, 5.74) is 0. The molecule has 3 heteroatoms. The van der Waals surface area contributed by atoms with Crippen molar-refractivity contribution < 1.29 is 9.59 Å². The largest absolute Gasteiger partial charge is 0.346 e. The van der Waals surface area contributed by atoms with Crippen LogP contribution >= 0.6 is 0 Å². The highest BCUT2D eigenvalue weighted by atomic mass is 16.2. The summed E-state index contributed by atoms with van der Waals surface area (Å²) in [6, 6.07) is -0.167. The molecule has 3 nitrogen and oxygen atoms in total. The van der Waals surface area contributed by atoms with Gasteiger partial charge in [-0.15, -0.1) is 0 Å². The number of nitrogens with one attached hydrogen (secondary N) is 1. The number of rotatable bonds is 2. The highest BCUT2D eigenvalue weighted by molar-refractivity contribution is 5.91. The van der Waals surface area contributed by atoms with Crippen LogP contribution < -0.4 is 5.32 Å². The van der Waals surface area contributed by atoms with Crippen LogP contribution in [0.2, 0.25) is 0 Å². The standard InChI is InChI=1S/C12H19NO2/c14-11-8-4-7-10(11)13-12(15)9-5-2-1-3-6-9/h9-10H,1-8H2,(H,13,15). The zero-order chi connectivity index (χ0) is 10.7. The van der Waals surface area contributed by atoms with E-state index in [1.165, 1.54) is 6.42 Å². The van der Waals surface area contributed by atoms with E-state index in [0.29, 0.717) is 6.42 Å². The van der Waals surface area contributed by atoms with Gasteiger partial charge in [-0.3, -0.25) is 9.59 Å². The van der Waals surface area contributed by atoms with Gasteiger partial charge < -0.3 is 5.32 Å². The number of ketones is 1. The molecule has 1 atom stereocenters. The summed E-state index contributed by atoms with van der Waals surface area (Å²) in [5, 5.41) is 2.91. The van der Waals surface area contributed by atoms with Gasteiger partial charge in [0.25, 0.3) is 0 Å². The minimum atomic E-state index is -0.167. The zero-order valence-electron chi connectivity index (χ0n) is 9.13. The highest BCUT2D eigenvalue weighted by Gasteiger charge is 2.29. The molecule has 0 aliphatic heterocycles. The normalized spacial score (nSPS) is 28.0. The lowest BCUT2D eigenvalue weighted by Crippen LogP contribution is -2.41. The molecule has 0 radical (unpaired) electrons. The van der Waals surface area contributed by atoms with E-state index in [-0.39, 0.29) is 23.7 Å². The smallest absolute Gasteiger partial charge is 0.223 e. The molecule has 0 aromatic heterocycles. The molecule has 1 amide bonds. The number of carbonyl (C=O) groups excluding carboxylic acids is 2. The lowest BCUT2D eigenvalue weighted by molar-refractivity contribution is -0.130. The van der Waals surface area contributed by atoms with E-state index in [4.69, 9.17) is 0 Å². The maximum Gasteiger partial charge on any atom is 0.223 e. The van der Waals surface area contributed by atoms with Gasteiger partial charge >= 0.3 is 0 Å². The second-order valence-corrected chi connectivity index (χ2v) is 4.75. The van der Waals surface area contributed by atoms with Crippen molar-refractivity contribution in [3.63, 3.8) is 0 Å². The fourth-order valence-electron chi connectivity index (χ4n) is 2.62. The SMILES string of the molecule is O=C(NC1CCCC1=O)C1CCCCC1. The predicted molar refractivity (Wildman–Crippen MR) is 57.4 cm³/mol. The maximum atomic E-state index is 11.8. The van der Waals surface area contributed by atoms with Crippen LogP contribution in [0.15, 0.2) is 0 Å². The Labute approximate surface area is 90.6 Å². The van der Waals surface area contributed by atoms with E-state index in [1.807, 2.05) is 0 Å². The summed E-state index contributed by atoms with van der Waals surface area (Å²) in [7, 11) is 0. The van der Waals surface area contributed by atoms with E-state index in [0.717, 1.165) is 38.5 Å². The minimum absolute atomic E-state index is 0.120. The quantitative estimate of drug-likeness (QED) is 0.753. The molecule has 0 saturated heterocycles. The van der Waals surface area contributed by atoms with Gasteiger partial charge in [0, 0.05) is 12.3 Å². The Morgan fingerprint density at radius 3 is 2.40 bits per heavy atom. The van der Waals surface area contributed by atoms with E-state index < -0.39 is 0 Å². The molecule has 0 heterocycles. The number of amides is 1. The van der Waals surface area contributed by atoms with E-state index in [1.54, 1.807) is 0 Å². The van der Waals surface area contributed by atoms with Crippen molar-refractivity contribution in [2.24, 2.45) is 5.92 Å². The lowest BCUT2D eigenvalue weighted by atomic mass is 9.88. The molecule has 2 saturated carbocycles. The minimum Gasteiger partial charge on any atom is -0.346 e. The molecule has 0 spiro atoms. The van der Waals surface area contributed by atoms with Gasteiger partial charge in [-0.2, -0.15) is 0 Å². The lowest BCUT2D eigenvalue weighted by Gasteiger charge is -2.22. The Balaban J connectivity index is 1.82. The molecule has 2 aliphatic carbocycles. The Morgan fingerprint density at radius 2 is 1.80 bits per heavy atom. The van der Waals surface area contributed by atoms with Gasteiger partial charge in [0.1, 0.15) is 0 Å². The number of hydrogen-bond acceptors (Lipinski definition) is 2. The third-order valence-electron chi connectivity index (χ3n) is 3.60. The fourth-order valence-corrected chi connectivity index (χ4v) is 2.62. The number of carbonyl (C=O) groups is 2. The van der Waals surface area contributed by atoms with Gasteiger partial charge in [0.05, 0.1) is 6.04 Å². The summed E-state index contributed by atoms with van der Waals surface area (Å²) in [5.74, 6) is 0.515. The summed E-state index contributed by atoms with van der Waals surface area (Å²) >= 11 is 0. The van der Waals surface area contributed by atoms with Crippen LogP contribution in [0.4, 0.5) is 0 Å². The molecule has 0 aromatic carbocycles. The summed E-state index contributed by atoms with van der Waals surface area (Å²) in [6.45, 7) is 0. The van der Waals surface area contributed by atoms with Gasteiger partial charge in [-0.05, 0) is 25.7 Å². The van der Waals surface area contributed by atoms with Gasteiger partial charge in [0.15, 0.2) is 5.78 Å². The first kappa shape index (κ1) is 10.7. The molecule has 2 fully saturated rings. The van der Waals surface area contributed by atoms with Crippen molar-refractivity contribution >= 4 is 11.7 Å². The zero-order valence-corrected chi connectivity index (χ0v) is 9.13. The summed E-state index contributed by atoms with van der Waals surface area (Å²) in [6.07, 6.45) is 8.03. The van der Waals surface area contributed by atoms with Crippen LogP contribution in [0.25, 0.3) is 0 Å². The maximum absolute atomic E-state index is 11.8. The first-order valence-electron chi connectivity index (χ1n) is 6.10. The molecule has 0 bridgehead atoms. The molecular weight excluding hydrogens is 190 g/mol. The molecule has 84 valence electrons. The Kier molecular flexibility index (Phi) is 3.39. The molecule has 1 N–H and O–H groups in total. The first-order valence-corrected chi connectivity index (χ1v) is 6.10. The van der Waals surface area contributed by atoms with Crippen molar-refractivity contribution in [3.8, 4) is 0 Å². The van der Waals surface area contributed by atoms with Crippen molar-refractivity contribution in [1.29, 1.82) is 0 Å². The van der Waals surface area contributed by atoms with Crippen LogP contribution in [-0.2, 0) is 9.59 Å². The predicted octanol–water partition coefficient (Wildman–Crippen LogP) is 1.80. The first-order chi connectivity index (χ1) is 7.27. The molecule has 2 aliphatic rings. The van der Waals surface area contributed by atoms with Crippen LogP contribution in [-0.4, -0.2) is 17.7 Å².